The molecule has 0 aliphatic heterocycles. The summed E-state index contributed by atoms with van der Waals surface area (Å²) in [5, 5.41) is 14.4. The van der Waals surface area contributed by atoms with Crippen LogP contribution in [0, 0.1) is 0 Å². The van der Waals surface area contributed by atoms with Crippen LogP contribution in [0.5, 0.6) is 0 Å². The molecule has 1 aromatic carbocycles. The van der Waals surface area contributed by atoms with Gasteiger partial charge < -0.3 is 15.7 Å². The molecule has 0 saturated heterocycles. The SMILES string of the molecule is CCCC(C)NC(=O)N[C@H](Cc1ccccc1)C(=O)O. The second-order valence-corrected chi connectivity index (χ2v) is 4.89. The second kappa shape index (κ2) is 8.19. The van der Waals surface area contributed by atoms with Gasteiger partial charge in [0.25, 0.3) is 0 Å². The molecule has 2 atom stereocenters. The van der Waals surface area contributed by atoms with Crippen molar-refractivity contribution in [3.05, 3.63) is 35.9 Å². The molecular weight excluding hydrogens is 256 g/mol. The van der Waals surface area contributed by atoms with Crippen LogP contribution < -0.4 is 10.6 Å². The molecule has 1 unspecified atom stereocenters. The molecule has 3 N–H and O–H groups in total. The molecule has 0 bridgehead atoms. The first-order chi connectivity index (χ1) is 9.52. The summed E-state index contributed by atoms with van der Waals surface area (Å²) in [5.41, 5.74) is 0.877. The average molecular weight is 278 g/mol. The summed E-state index contributed by atoms with van der Waals surface area (Å²) < 4.78 is 0. The van der Waals surface area contributed by atoms with Crippen LogP contribution in [0.25, 0.3) is 0 Å². The fraction of sp³-hybridized carbons (Fsp3) is 0.467. The lowest BCUT2D eigenvalue weighted by Crippen LogP contribution is -2.49. The predicted octanol–water partition coefficient (Wildman–Crippen LogP) is 2.17. The van der Waals surface area contributed by atoms with Gasteiger partial charge in [-0.05, 0) is 18.9 Å². The maximum atomic E-state index is 11.7. The molecule has 5 nitrogen and oxygen atoms in total. The Morgan fingerprint density at radius 3 is 2.40 bits per heavy atom. The number of carbonyl (C=O) groups excluding carboxylic acids is 1. The molecule has 2 amide bonds. The van der Waals surface area contributed by atoms with E-state index < -0.39 is 18.0 Å². The number of nitrogens with one attached hydrogen (secondary N) is 2. The summed E-state index contributed by atoms with van der Waals surface area (Å²) in [6.07, 6.45) is 2.10. The predicted molar refractivity (Wildman–Crippen MR) is 77.6 cm³/mol. The van der Waals surface area contributed by atoms with Crippen molar-refractivity contribution in [2.45, 2.75) is 45.2 Å². The third kappa shape index (κ3) is 5.73. The fourth-order valence-electron chi connectivity index (χ4n) is 1.98. The van der Waals surface area contributed by atoms with Crippen molar-refractivity contribution in [3.8, 4) is 0 Å². The molecule has 5 heteroatoms. The molecule has 20 heavy (non-hydrogen) atoms. The molecular formula is C15H22N2O3. The highest BCUT2D eigenvalue weighted by Gasteiger charge is 2.20. The van der Waals surface area contributed by atoms with Crippen LogP contribution in [0.3, 0.4) is 0 Å². The van der Waals surface area contributed by atoms with E-state index in [9.17, 15) is 14.7 Å². The van der Waals surface area contributed by atoms with Gasteiger partial charge >= 0.3 is 12.0 Å². The highest BCUT2D eigenvalue weighted by atomic mass is 16.4. The minimum absolute atomic E-state index is 0.0335. The van der Waals surface area contributed by atoms with Crippen LogP contribution in [0.1, 0.15) is 32.3 Å². The van der Waals surface area contributed by atoms with E-state index in [4.69, 9.17) is 0 Å². The number of rotatable bonds is 7. The number of amides is 2. The maximum absolute atomic E-state index is 11.7. The van der Waals surface area contributed by atoms with Crippen molar-refractivity contribution in [2.24, 2.45) is 0 Å². The van der Waals surface area contributed by atoms with Crippen molar-refractivity contribution in [1.82, 2.24) is 10.6 Å². The van der Waals surface area contributed by atoms with E-state index in [1.54, 1.807) is 0 Å². The Kier molecular flexibility index (Phi) is 6.56. The van der Waals surface area contributed by atoms with Crippen molar-refractivity contribution in [3.63, 3.8) is 0 Å². The molecule has 0 spiro atoms. The van der Waals surface area contributed by atoms with E-state index >= 15 is 0 Å². The molecule has 0 radical (unpaired) electrons. The monoisotopic (exact) mass is 278 g/mol. The van der Waals surface area contributed by atoms with Crippen LogP contribution in [0.15, 0.2) is 30.3 Å². The van der Waals surface area contributed by atoms with Gasteiger partial charge in [0.2, 0.25) is 0 Å². The van der Waals surface area contributed by atoms with Crippen LogP contribution in [0.4, 0.5) is 4.79 Å². The van der Waals surface area contributed by atoms with E-state index in [1.165, 1.54) is 0 Å². The van der Waals surface area contributed by atoms with Crippen molar-refractivity contribution in [2.75, 3.05) is 0 Å². The largest absolute Gasteiger partial charge is 0.480 e. The lowest BCUT2D eigenvalue weighted by molar-refractivity contribution is -0.139. The van der Waals surface area contributed by atoms with Gasteiger partial charge in [-0.1, -0.05) is 43.7 Å². The number of carbonyl (C=O) groups is 2. The Morgan fingerprint density at radius 2 is 1.85 bits per heavy atom. The number of aliphatic carboxylic acids is 1. The van der Waals surface area contributed by atoms with Gasteiger partial charge in [0, 0.05) is 12.5 Å². The number of carboxylic acids is 1. The number of hydrogen-bond donors (Lipinski definition) is 3. The maximum Gasteiger partial charge on any atom is 0.326 e. The van der Waals surface area contributed by atoms with Crippen LogP contribution in [-0.2, 0) is 11.2 Å². The van der Waals surface area contributed by atoms with Gasteiger partial charge in [-0.15, -0.1) is 0 Å². The van der Waals surface area contributed by atoms with Crippen molar-refractivity contribution in [1.29, 1.82) is 0 Å². The smallest absolute Gasteiger partial charge is 0.326 e. The molecule has 0 fully saturated rings. The molecule has 0 aliphatic carbocycles. The van der Waals surface area contributed by atoms with Gasteiger partial charge in [0.1, 0.15) is 6.04 Å². The Hall–Kier alpha value is -2.04. The zero-order valence-corrected chi connectivity index (χ0v) is 11.9. The molecule has 1 rings (SSSR count). The minimum atomic E-state index is -1.04. The Morgan fingerprint density at radius 1 is 1.20 bits per heavy atom. The van der Waals surface area contributed by atoms with Gasteiger partial charge in [-0.3, -0.25) is 0 Å². The zero-order chi connectivity index (χ0) is 15.0. The highest BCUT2D eigenvalue weighted by Crippen LogP contribution is 2.03. The normalized spacial score (nSPS) is 13.3. The molecule has 1 aromatic rings. The number of benzene rings is 1. The summed E-state index contributed by atoms with van der Waals surface area (Å²) >= 11 is 0. The number of hydrogen-bond acceptors (Lipinski definition) is 2. The lowest BCUT2D eigenvalue weighted by Gasteiger charge is -2.18. The van der Waals surface area contributed by atoms with Crippen LogP contribution in [-0.4, -0.2) is 29.2 Å². The van der Waals surface area contributed by atoms with E-state index in [0.29, 0.717) is 0 Å². The quantitative estimate of drug-likeness (QED) is 0.715. The van der Waals surface area contributed by atoms with E-state index in [1.807, 2.05) is 44.2 Å². The summed E-state index contributed by atoms with van der Waals surface area (Å²) in [6, 6.07) is 7.91. The summed E-state index contributed by atoms with van der Waals surface area (Å²) in [4.78, 5) is 23.0. The van der Waals surface area contributed by atoms with Crippen LogP contribution >= 0.6 is 0 Å². The van der Waals surface area contributed by atoms with Crippen molar-refractivity contribution >= 4 is 12.0 Å². The Balaban J connectivity index is 2.55. The van der Waals surface area contributed by atoms with Crippen LogP contribution in [0.2, 0.25) is 0 Å². The standard InChI is InChI=1S/C15H22N2O3/c1-3-7-11(2)16-15(20)17-13(14(18)19)10-12-8-5-4-6-9-12/h4-6,8-9,11,13H,3,7,10H2,1-2H3,(H,18,19)(H2,16,17,20)/t11?,13-/m1/s1. The first-order valence-electron chi connectivity index (χ1n) is 6.86. The van der Waals surface area contributed by atoms with Crippen molar-refractivity contribution < 1.29 is 14.7 Å². The summed E-state index contributed by atoms with van der Waals surface area (Å²) in [5.74, 6) is -1.04. The van der Waals surface area contributed by atoms with Gasteiger partial charge in [0.15, 0.2) is 0 Å². The third-order valence-corrected chi connectivity index (χ3v) is 2.99. The number of carboxylic acid groups (broad SMARTS) is 1. The lowest BCUT2D eigenvalue weighted by atomic mass is 10.1. The summed E-state index contributed by atoms with van der Waals surface area (Å²) in [6.45, 7) is 3.93. The first-order valence-corrected chi connectivity index (χ1v) is 6.86. The number of urea groups is 1. The molecule has 110 valence electrons. The van der Waals surface area contributed by atoms with E-state index in [-0.39, 0.29) is 12.5 Å². The average Bonchev–Trinajstić information content (AvgIpc) is 2.39. The molecule has 0 saturated carbocycles. The fourth-order valence-corrected chi connectivity index (χ4v) is 1.98. The van der Waals surface area contributed by atoms with E-state index in [0.717, 1.165) is 18.4 Å². The highest BCUT2D eigenvalue weighted by molar-refractivity contribution is 5.82. The molecule has 0 aromatic heterocycles. The van der Waals surface area contributed by atoms with Gasteiger partial charge in [-0.25, -0.2) is 9.59 Å². The topological polar surface area (TPSA) is 78.4 Å². The molecule has 0 aliphatic rings. The second-order valence-electron chi connectivity index (χ2n) is 4.89. The Labute approximate surface area is 119 Å². The third-order valence-electron chi connectivity index (χ3n) is 2.99. The van der Waals surface area contributed by atoms with Gasteiger partial charge in [-0.2, -0.15) is 0 Å². The van der Waals surface area contributed by atoms with E-state index in [2.05, 4.69) is 10.6 Å². The zero-order valence-electron chi connectivity index (χ0n) is 11.9. The minimum Gasteiger partial charge on any atom is -0.480 e. The van der Waals surface area contributed by atoms with Gasteiger partial charge in [0.05, 0.1) is 0 Å². The Bertz CT molecular complexity index is 434. The summed E-state index contributed by atoms with van der Waals surface area (Å²) in [7, 11) is 0. The molecule has 0 heterocycles. The first kappa shape index (κ1) is 16.0.